The maximum atomic E-state index is 13.4. The van der Waals surface area contributed by atoms with E-state index in [2.05, 4.69) is 5.10 Å². The molecule has 0 saturated carbocycles. The zero-order chi connectivity index (χ0) is 19.8. The quantitative estimate of drug-likeness (QED) is 0.808. The summed E-state index contributed by atoms with van der Waals surface area (Å²) < 4.78 is 20.7. The Hall–Kier alpha value is -2.74. The third-order valence-electron chi connectivity index (χ3n) is 5.06. The molecule has 1 fully saturated rings. The summed E-state index contributed by atoms with van der Waals surface area (Å²) in [5.74, 6) is -0.715. The van der Waals surface area contributed by atoms with Gasteiger partial charge in [-0.3, -0.25) is 14.3 Å². The highest BCUT2D eigenvalue weighted by Crippen LogP contribution is 2.19. The fraction of sp³-hybridized carbons (Fsp3) is 0.450. The molecule has 0 bridgehead atoms. The molecule has 3 heterocycles. The third kappa shape index (κ3) is 3.64. The Morgan fingerprint density at radius 3 is 2.68 bits per heavy atom. The molecule has 0 aliphatic carbocycles. The summed E-state index contributed by atoms with van der Waals surface area (Å²) >= 11 is 0. The number of carbonyl (C=O) groups is 2. The predicted molar refractivity (Wildman–Crippen MR) is 99.3 cm³/mol. The van der Waals surface area contributed by atoms with Gasteiger partial charge in [0, 0.05) is 32.2 Å². The second kappa shape index (κ2) is 7.35. The number of morpholine rings is 1. The number of benzene rings is 1. The molecule has 1 saturated heterocycles. The first-order valence-electron chi connectivity index (χ1n) is 9.47. The van der Waals surface area contributed by atoms with Crippen molar-refractivity contribution in [3.8, 4) is 0 Å². The number of aromatic nitrogens is 2. The van der Waals surface area contributed by atoms with Crippen LogP contribution in [0.1, 0.15) is 40.4 Å². The zero-order valence-electron chi connectivity index (χ0n) is 16.0. The topological polar surface area (TPSA) is 67.7 Å². The molecule has 8 heteroatoms. The third-order valence-corrected chi connectivity index (χ3v) is 5.06. The average Bonchev–Trinajstić information content (AvgIpc) is 3.08. The van der Waals surface area contributed by atoms with Crippen molar-refractivity contribution in [1.29, 1.82) is 0 Å². The van der Waals surface area contributed by atoms with Crippen molar-refractivity contribution in [3.63, 3.8) is 0 Å². The molecule has 4 rings (SSSR count). The minimum atomic E-state index is -0.325. The SMILES string of the molecule is CC1CN(C(=O)c2cc3n(n2)CCN(Cc2cccc(F)c2)C3=O)CC(C)O1. The van der Waals surface area contributed by atoms with Gasteiger partial charge in [0.05, 0.1) is 18.8 Å². The van der Waals surface area contributed by atoms with Crippen LogP contribution in [0.25, 0.3) is 0 Å². The molecule has 2 amide bonds. The smallest absolute Gasteiger partial charge is 0.274 e. The number of hydrogen-bond acceptors (Lipinski definition) is 4. The van der Waals surface area contributed by atoms with Gasteiger partial charge in [0.15, 0.2) is 5.69 Å². The molecule has 2 aliphatic heterocycles. The molecule has 0 spiro atoms. The number of carbonyl (C=O) groups excluding carboxylic acids is 2. The van der Waals surface area contributed by atoms with Gasteiger partial charge in [-0.25, -0.2) is 4.39 Å². The second-order valence-corrected chi connectivity index (χ2v) is 7.46. The van der Waals surface area contributed by atoms with E-state index < -0.39 is 0 Å². The number of ether oxygens (including phenoxy) is 1. The van der Waals surface area contributed by atoms with Crippen molar-refractivity contribution < 1.29 is 18.7 Å². The summed E-state index contributed by atoms with van der Waals surface area (Å²) in [6, 6.07) is 7.78. The van der Waals surface area contributed by atoms with Crippen LogP contribution in [0.3, 0.4) is 0 Å². The maximum Gasteiger partial charge on any atom is 0.274 e. The number of rotatable bonds is 3. The maximum absolute atomic E-state index is 13.4. The van der Waals surface area contributed by atoms with Crippen LogP contribution in [0.2, 0.25) is 0 Å². The van der Waals surface area contributed by atoms with Gasteiger partial charge in [-0.1, -0.05) is 12.1 Å². The van der Waals surface area contributed by atoms with E-state index in [-0.39, 0.29) is 35.5 Å². The van der Waals surface area contributed by atoms with Crippen LogP contribution in [0.5, 0.6) is 0 Å². The van der Waals surface area contributed by atoms with Gasteiger partial charge < -0.3 is 14.5 Å². The van der Waals surface area contributed by atoms with E-state index >= 15 is 0 Å². The lowest BCUT2D eigenvalue weighted by Crippen LogP contribution is -2.48. The lowest BCUT2D eigenvalue weighted by Gasteiger charge is -2.34. The molecule has 28 heavy (non-hydrogen) atoms. The van der Waals surface area contributed by atoms with Crippen molar-refractivity contribution in [2.75, 3.05) is 19.6 Å². The van der Waals surface area contributed by atoms with Crippen molar-refractivity contribution in [1.82, 2.24) is 19.6 Å². The number of amides is 2. The van der Waals surface area contributed by atoms with Crippen molar-refractivity contribution in [3.05, 3.63) is 53.1 Å². The Morgan fingerprint density at radius 2 is 1.96 bits per heavy atom. The number of halogens is 1. The van der Waals surface area contributed by atoms with Crippen LogP contribution in [0, 0.1) is 5.82 Å². The predicted octanol–water partition coefficient (Wildman–Crippen LogP) is 1.93. The number of hydrogen-bond donors (Lipinski definition) is 0. The molecule has 1 aromatic carbocycles. The Kier molecular flexibility index (Phi) is 4.89. The largest absolute Gasteiger partial charge is 0.372 e. The van der Waals surface area contributed by atoms with Crippen molar-refractivity contribution in [2.24, 2.45) is 0 Å². The van der Waals surface area contributed by atoms with Gasteiger partial charge in [0.25, 0.3) is 11.8 Å². The number of fused-ring (bicyclic) bond motifs is 1. The average molecular weight is 386 g/mol. The summed E-state index contributed by atoms with van der Waals surface area (Å²) in [5.41, 5.74) is 1.39. The summed E-state index contributed by atoms with van der Waals surface area (Å²) in [5, 5.41) is 4.36. The molecule has 148 valence electrons. The van der Waals surface area contributed by atoms with Crippen LogP contribution < -0.4 is 0 Å². The van der Waals surface area contributed by atoms with E-state index in [1.54, 1.807) is 32.7 Å². The van der Waals surface area contributed by atoms with Crippen molar-refractivity contribution in [2.45, 2.75) is 39.1 Å². The second-order valence-electron chi connectivity index (χ2n) is 7.46. The lowest BCUT2D eigenvalue weighted by atomic mass is 10.1. The highest BCUT2D eigenvalue weighted by atomic mass is 19.1. The minimum absolute atomic E-state index is 0.0340. The molecule has 7 nitrogen and oxygen atoms in total. The van der Waals surface area contributed by atoms with Crippen LogP contribution in [-0.4, -0.2) is 63.2 Å². The van der Waals surface area contributed by atoms with Crippen molar-refractivity contribution >= 4 is 11.8 Å². The first-order valence-corrected chi connectivity index (χ1v) is 9.47. The van der Waals surface area contributed by atoms with Gasteiger partial charge in [0.1, 0.15) is 11.5 Å². The van der Waals surface area contributed by atoms with Crippen LogP contribution in [0.15, 0.2) is 30.3 Å². The Balaban J connectivity index is 1.51. The Labute approximate surface area is 162 Å². The minimum Gasteiger partial charge on any atom is -0.372 e. The summed E-state index contributed by atoms with van der Waals surface area (Å²) in [6.07, 6.45) is -0.0679. The molecule has 1 aromatic heterocycles. The van der Waals surface area contributed by atoms with Crippen LogP contribution in [0.4, 0.5) is 4.39 Å². The van der Waals surface area contributed by atoms with Gasteiger partial charge in [-0.05, 0) is 31.5 Å². The van der Waals surface area contributed by atoms with Gasteiger partial charge in [-0.15, -0.1) is 0 Å². The standard InChI is InChI=1S/C20H23FN4O3/c1-13-10-24(11-14(2)28-13)19(26)17-9-18-20(27)23(6-7-25(18)22-17)12-15-4-3-5-16(21)8-15/h3-5,8-9,13-14H,6-7,10-12H2,1-2H3. The molecule has 2 unspecified atom stereocenters. The molecule has 0 radical (unpaired) electrons. The monoisotopic (exact) mass is 386 g/mol. The van der Waals surface area contributed by atoms with E-state index in [1.807, 2.05) is 13.8 Å². The first kappa shape index (κ1) is 18.6. The van der Waals surface area contributed by atoms with E-state index in [0.29, 0.717) is 38.4 Å². The van der Waals surface area contributed by atoms with E-state index in [9.17, 15) is 14.0 Å². The Morgan fingerprint density at radius 1 is 1.21 bits per heavy atom. The molecular formula is C20H23FN4O3. The molecule has 0 N–H and O–H groups in total. The fourth-order valence-corrected chi connectivity index (χ4v) is 3.86. The van der Waals surface area contributed by atoms with Crippen LogP contribution >= 0.6 is 0 Å². The van der Waals surface area contributed by atoms with E-state index in [1.165, 1.54) is 12.1 Å². The number of nitrogens with zero attached hydrogens (tertiary/aromatic N) is 4. The summed E-state index contributed by atoms with van der Waals surface area (Å²) in [4.78, 5) is 29.1. The fourth-order valence-electron chi connectivity index (χ4n) is 3.86. The molecule has 2 aromatic rings. The van der Waals surface area contributed by atoms with Gasteiger partial charge in [0.2, 0.25) is 0 Å². The normalized spacial score (nSPS) is 22.3. The zero-order valence-corrected chi connectivity index (χ0v) is 16.0. The highest BCUT2D eigenvalue weighted by molar-refractivity contribution is 5.98. The van der Waals surface area contributed by atoms with Gasteiger partial charge in [-0.2, -0.15) is 5.10 Å². The van der Waals surface area contributed by atoms with E-state index in [0.717, 1.165) is 5.56 Å². The summed E-state index contributed by atoms with van der Waals surface area (Å²) in [6.45, 7) is 6.16. The molecule has 2 aliphatic rings. The molecule has 2 atom stereocenters. The van der Waals surface area contributed by atoms with E-state index in [4.69, 9.17) is 4.74 Å². The lowest BCUT2D eigenvalue weighted by molar-refractivity contribution is -0.0587. The van der Waals surface area contributed by atoms with Crippen LogP contribution in [-0.2, 0) is 17.8 Å². The first-order chi connectivity index (χ1) is 13.4. The summed E-state index contributed by atoms with van der Waals surface area (Å²) in [7, 11) is 0. The Bertz CT molecular complexity index is 903. The highest BCUT2D eigenvalue weighted by Gasteiger charge is 2.32. The molecular weight excluding hydrogens is 363 g/mol. The van der Waals surface area contributed by atoms with Gasteiger partial charge >= 0.3 is 0 Å².